The van der Waals surface area contributed by atoms with Gasteiger partial charge in [-0.25, -0.2) is 4.79 Å². The first-order chi connectivity index (χ1) is 13.1. The predicted octanol–water partition coefficient (Wildman–Crippen LogP) is 4.20. The second kappa shape index (κ2) is 8.54. The number of benzene rings is 2. The van der Waals surface area contributed by atoms with Gasteiger partial charge in [-0.1, -0.05) is 48.5 Å². The lowest BCUT2D eigenvalue weighted by molar-refractivity contribution is -0.161. The van der Waals surface area contributed by atoms with E-state index >= 15 is 0 Å². The number of hydrogen-bond acceptors (Lipinski definition) is 5. The van der Waals surface area contributed by atoms with E-state index in [0.29, 0.717) is 18.4 Å². The average molecular weight is 366 g/mol. The molecule has 2 aromatic rings. The number of carbonyl (C=O) groups is 2. The molecule has 0 aromatic heterocycles. The standard InChI is InChI=1S/C22H22O5/c23-19-11-13-22(14-12-19,16-27-20(24)18-9-5-2-6-10-18)21(25)26-15-17-7-3-1-4-8-17/h1-11,23H,12-16H2. The Labute approximate surface area is 158 Å². The van der Waals surface area contributed by atoms with Crippen LogP contribution in [0.25, 0.3) is 0 Å². The second-order valence-electron chi connectivity index (χ2n) is 6.68. The third kappa shape index (κ3) is 4.76. The quantitative estimate of drug-likeness (QED) is 0.776. The van der Waals surface area contributed by atoms with Gasteiger partial charge in [0.2, 0.25) is 0 Å². The summed E-state index contributed by atoms with van der Waals surface area (Å²) in [5.41, 5.74) is 0.335. The minimum Gasteiger partial charge on any atom is -0.513 e. The molecule has 0 radical (unpaired) electrons. The fourth-order valence-corrected chi connectivity index (χ4v) is 3.00. The highest BCUT2D eigenvalue weighted by atomic mass is 16.6. The maximum Gasteiger partial charge on any atom is 0.338 e. The highest BCUT2D eigenvalue weighted by molar-refractivity contribution is 5.89. The lowest BCUT2D eigenvalue weighted by Gasteiger charge is -2.32. The van der Waals surface area contributed by atoms with Gasteiger partial charge in [0.05, 0.1) is 11.3 Å². The number of carbonyl (C=O) groups excluding carboxylic acids is 2. The van der Waals surface area contributed by atoms with Gasteiger partial charge in [0.15, 0.2) is 0 Å². The molecule has 1 atom stereocenters. The van der Waals surface area contributed by atoms with E-state index in [4.69, 9.17) is 9.47 Å². The van der Waals surface area contributed by atoms with Crippen LogP contribution in [0.1, 0.15) is 35.2 Å². The van der Waals surface area contributed by atoms with Crippen molar-refractivity contribution in [3.05, 3.63) is 83.6 Å². The van der Waals surface area contributed by atoms with Crippen molar-refractivity contribution in [2.75, 3.05) is 6.61 Å². The molecule has 1 unspecified atom stereocenters. The number of aliphatic hydroxyl groups excluding tert-OH is 1. The minimum atomic E-state index is -0.981. The number of allylic oxidation sites excluding steroid dienone is 2. The number of esters is 2. The molecule has 0 amide bonds. The van der Waals surface area contributed by atoms with Crippen molar-refractivity contribution < 1.29 is 24.2 Å². The summed E-state index contributed by atoms with van der Waals surface area (Å²) in [5.74, 6) is -0.656. The SMILES string of the molecule is O=C(OCC1(C(=O)OCc2ccccc2)CC=C(O)CC1)c1ccccc1. The number of rotatable bonds is 6. The molecule has 5 heteroatoms. The second-order valence-corrected chi connectivity index (χ2v) is 6.68. The molecule has 1 aliphatic carbocycles. The molecule has 0 spiro atoms. The minimum absolute atomic E-state index is 0.0852. The van der Waals surface area contributed by atoms with Gasteiger partial charge < -0.3 is 14.6 Å². The van der Waals surface area contributed by atoms with Gasteiger partial charge in [0.25, 0.3) is 0 Å². The topological polar surface area (TPSA) is 72.8 Å². The molecule has 0 saturated carbocycles. The molecule has 0 fully saturated rings. The van der Waals surface area contributed by atoms with Crippen molar-refractivity contribution in [1.82, 2.24) is 0 Å². The van der Waals surface area contributed by atoms with Gasteiger partial charge in [-0.2, -0.15) is 0 Å². The zero-order valence-corrected chi connectivity index (χ0v) is 15.0. The number of ether oxygens (including phenoxy) is 2. The van der Waals surface area contributed by atoms with Gasteiger partial charge in [-0.15, -0.1) is 0 Å². The molecular formula is C22H22O5. The Morgan fingerprint density at radius 2 is 1.63 bits per heavy atom. The first kappa shape index (κ1) is 18.7. The summed E-state index contributed by atoms with van der Waals surface area (Å²) in [6, 6.07) is 18.0. The molecule has 0 aliphatic heterocycles. The molecule has 2 aromatic carbocycles. The third-order valence-corrected chi connectivity index (χ3v) is 4.72. The third-order valence-electron chi connectivity index (χ3n) is 4.72. The molecule has 5 nitrogen and oxygen atoms in total. The van der Waals surface area contributed by atoms with Crippen LogP contribution in [0.2, 0.25) is 0 Å². The van der Waals surface area contributed by atoms with Crippen LogP contribution >= 0.6 is 0 Å². The van der Waals surface area contributed by atoms with Crippen molar-refractivity contribution in [1.29, 1.82) is 0 Å². The van der Waals surface area contributed by atoms with E-state index in [-0.39, 0.29) is 25.4 Å². The summed E-state index contributed by atoms with van der Waals surface area (Å²) in [4.78, 5) is 25.1. The zero-order valence-electron chi connectivity index (χ0n) is 15.0. The molecule has 0 heterocycles. The summed E-state index contributed by atoms with van der Waals surface area (Å²) in [5, 5.41) is 9.69. The molecule has 140 valence electrons. The van der Waals surface area contributed by atoms with E-state index in [1.807, 2.05) is 36.4 Å². The zero-order chi connectivity index (χ0) is 19.1. The Balaban J connectivity index is 1.68. The highest BCUT2D eigenvalue weighted by Crippen LogP contribution is 2.37. The summed E-state index contributed by atoms with van der Waals surface area (Å²) in [7, 11) is 0. The largest absolute Gasteiger partial charge is 0.513 e. The fourth-order valence-electron chi connectivity index (χ4n) is 3.00. The Kier molecular flexibility index (Phi) is 5.91. The van der Waals surface area contributed by atoms with Crippen LogP contribution in [0.3, 0.4) is 0 Å². The Morgan fingerprint density at radius 1 is 0.963 bits per heavy atom. The van der Waals surface area contributed by atoms with E-state index in [1.54, 1.807) is 30.3 Å². The Hall–Kier alpha value is -3.08. The summed E-state index contributed by atoms with van der Waals surface area (Å²) in [6.07, 6.45) is 2.59. The molecule has 0 saturated heterocycles. The van der Waals surface area contributed by atoms with Crippen molar-refractivity contribution >= 4 is 11.9 Å². The average Bonchev–Trinajstić information content (AvgIpc) is 2.73. The van der Waals surface area contributed by atoms with Crippen LogP contribution < -0.4 is 0 Å². The van der Waals surface area contributed by atoms with Crippen LogP contribution in [0.5, 0.6) is 0 Å². The van der Waals surface area contributed by atoms with Crippen molar-refractivity contribution in [2.24, 2.45) is 5.41 Å². The highest BCUT2D eigenvalue weighted by Gasteiger charge is 2.42. The van der Waals surface area contributed by atoms with Crippen molar-refractivity contribution in [3.63, 3.8) is 0 Å². The van der Waals surface area contributed by atoms with Crippen LogP contribution in [0, 0.1) is 5.41 Å². The van der Waals surface area contributed by atoms with Crippen LogP contribution in [0.4, 0.5) is 0 Å². The lowest BCUT2D eigenvalue weighted by Crippen LogP contribution is -2.39. The molecule has 1 N–H and O–H groups in total. The number of aliphatic hydroxyl groups is 1. The van der Waals surface area contributed by atoms with E-state index in [1.165, 1.54) is 0 Å². The van der Waals surface area contributed by atoms with Gasteiger partial charge >= 0.3 is 11.9 Å². The van der Waals surface area contributed by atoms with E-state index in [0.717, 1.165) is 5.56 Å². The van der Waals surface area contributed by atoms with Crippen LogP contribution in [-0.4, -0.2) is 23.7 Å². The summed E-state index contributed by atoms with van der Waals surface area (Å²) in [6.45, 7) is 0.0713. The van der Waals surface area contributed by atoms with E-state index < -0.39 is 17.4 Å². The lowest BCUT2D eigenvalue weighted by atomic mass is 9.77. The van der Waals surface area contributed by atoms with Crippen molar-refractivity contribution in [2.45, 2.75) is 25.9 Å². The summed E-state index contributed by atoms with van der Waals surface area (Å²) >= 11 is 0. The van der Waals surface area contributed by atoms with Crippen molar-refractivity contribution in [3.8, 4) is 0 Å². The first-order valence-electron chi connectivity index (χ1n) is 8.90. The predicted molar refractivity (Wildman–Crippen MR) is 100.0 cm³/mol. The van der Waals surface area contributed by atoms with Crippen LogP contribution in [0.15, 0.2) is 72.5 Å². The molecule has 1 aliphatic rings. The summed E-state index contributed by atoms with van der Waals surface area (Å²) < 4.78 is 10.9. The first-order valence-corrected chi connectivity index (χ1v) is 8.90. The molecule has 3 rings (SSSR count). The Bertz CT molecular complexity index is 813. The Morgan fingerprint density at radius 3 is 2.26 bits per heavy atom. The van der Waals surface area contributed by atoms with Crippen LogP contribution in [-0.2, 0) is 20.9 Å². The number of hydrogen-bond donors (Lipinski definition) is 1. The maximum atomic E-state index is 12.8. The fraction of sp³-hybridized carbons (Fsp3) is 0.273. The van der Waals surface area contributed by atoms with Gasteiger partial charge in [-0.05, 0) is 36.6 Å². The molecular weight excluding hydrogens is 344 g/mol. The smallest absolute Gasteiger partial charge is 0.338 e. The van der Waals surface area contributed by atoms with Gasteiger partial charge in [0.1, 0.15) is 18.6 Å². The normalized spacial score (nSPS) is 19.0. The monoisotopic (exact) mass is 366 g/mol. The van der Waals surface area contributed by atoms with E-state index in [9.17, 15) is 14.7 Å². The molecule has 27 heavy (non-hydrogen) atoms. The molecule has 0 bridgehead atoms. The van der Waals surface area contributed by atoms with E-state index in [2.05, 4.69) is 0 Å². The van der Waals surface area contributed by atoms with Gasteiger partial charge in [-0.3, -0.25) is 4.79 Å². The maximum absolute atomic E-state index is 12.8. The van der Waals surface area contributed by atoms with Gasteiger partial charge in [0, 0.05) is 6.42 Å².